The zero-order valence-corrected chi connectivity index (χ0v) is 17.3. The molecule has 9 heteroatoms. The molecule has 1 saturated heterocycles. The Kier molecular flexibility index (Phi) is 6.71. The third-order valence-corrected chi connectivity index (χ3v) is 7.62. The third-order valence-electron chi connectivity index (χ3n) is 4.62. The summed E-state index contributed by atoms with van der Waals surface area (Å²) in [5.74, 6) is 0.0781. The number of ether oxygens (including phenoxy) is 1. The van der Waals surface area contributed by atoms with Crippen LogP contribution in [0.15, 0.2) is 40.6 Å². The first-order valence-electron chi connectivity index (χ1n) is 9.19. The smallest absolute Gasteiger partial charge is 0.303 e. The standard InChI is InChI=1S/C19H24N2O5S2/c1-2-26-16-5-3-15(4-6-16)17-7-8-19(27-17)28(24,25)20-21-11-9-14(10-12-21)13-18(22)23/h3-8,14,20H,2,9-13H2,1H3,(H,22,23). The van der Waals surface area contributed by atoms with E-state index in [4.69, 9.17) is 9.84 Å². The highest BCUT2D eigenvalue weighted by molar-refractivity contribution is 7.91. The van der Waals surface area contributed by atoms with Crippen molar-refractivity contribution >= 4 is 27.3 Å². The van der Waals surface area contributed by atoms with E-state index in [0.717, 1.165) is 16.2 Å². The molecular weight excluding hydrogens is 400 g/mol. The quantitative estimate of drug-likeness (QED) is 0.676. The van der Waals surface area contributed by atoms with Crippen molar-refractivity contribution in [3.63, 3.8) is 0 Å². The van der Waals surface area contributed by atoms with E-state index in [9.17, 15) is 13.2 Å². The molecule has 1 aliphatic heterocycles. The van der Waals surface area contributed by atoms with Crippen molar-refractivity contribution in [2.75, 3.05) is 19.7 Å². The van der Waals surface area contributed by atoms with Gasteiger partial charge < -0.3 is 9.84 Å². The lowest BCUT2D eigenvalue weighted by Crippen LogP contribution is -2.46. The summed E-state index contributed by atoms with van der Waals surface area (Å²) in [7, 11) is -3.65. The van der Waals surface area contributed by atoms with Gasteiger partial charge in [0.2, 0.25) is 0 Å². The van der Waals surface area contributed by atoms with Gasteiger partial charge in [0, 0.05) is 24.4 Å². The summed E-state index contributed by atoms with van der Waals surface area (Å²) < 4.78 is 31.1. The zero-order chi connectivity index (χ0) is 20.1. The highest BCUT2D eigenvalue weighted by atomic mass is 32.2. The van der Waals surface area contributed by atoms with Crippen LogP contribution in [0.3, 0.4) is 0 Å². The van der Waals surface area contributed by atoms with E-state index in [2.05, 4.69) is 4.83 Å². The molecule has 1 aliphatic rings. The number of hydrazine groups is 1. The Morgan fingerprint density at radius 1 is 1.21 bits per heavy atom. The minimum Gasteiger partial charge on any atom is -0.494 e. The maximum Gasteiger partial charge on any atom is 0.303 e. The number of piperidine rings is 1. The van der Waals surface area contributed by atoms with Gasteiger partial charge in [-0.05, 0) is 67.6 Å². The molecule has 1 fully saturated rings. The number of rotatable bonds is 8. The minimum absolute atomic E-state index is 0.103. The lowest BCUT2D eigenvalue weighted by atomic mass is 9.94. The molecule has 1 aromatic heterocycles. The van der Waals surface area contributed by atoms with Crippen LogP contribution in [0.1, 0.15) is 26.2 Å². The summed E-state index contributed by atoms with van der Waals surface area (Å²) in [6, 6.07) is 11.0. The summed E-state index contributed by atoms with van der Waals surface area (Å²) in [5.41, 5.74) is 0.935. The van der Waals surface area contributed by atoms with Gasteiger partial charge >= 0.3 is 5.97 Å². The molecule has 0 radical (unpaired) electrons. The van der Waals surface area contributed by atoms with E-state index in [1.54, 1.807) is 17.1 Å². The fourth-order valence-corrected chi connectivity index (χ4v) is 5.61. The molecule has 0 unspecified atom stereocenters. The van der Waals surface area contributed by atoms with E-state index >= 15 is 0 Å². The van der Waals surface area contributed by atoms with Crippen LogP contribution < -0.4 is 9.57 Å². The van der Waals surface area contributed by atoms with Crippen LogP contribution in [-0.4, -0.2) is 44.2 Å². The number of carboxylic acids is 1. The lowest BCUT2D eigenvalue weighted by molar-refractivity contribution is -0.138. The second-order valence-corrected chi connectivity index (χ2v) is 9.67. The Labute approximate surface area is 169 Å². The number of aliphatic carboxylic acids is 1. The Hall–Kier alpha value is -1.94. The normalized spacial score (nSPS) is 16.2. The molecular formula is C19H24N2O5S2. The molecule has 7 nitrogen and oxygen atoms in total. The first-order valence-corrected chi connectivity index (χ1v) is 11.5. The molecule has 0 amide bonds. The van der Waals surface area contributed by atoms with Gasteiger partial charge in [-0.3, -0.25) is 4.79 Å². The first-order chi connectivity index (χ1) is 13.4. The van der Waals surface area contributed by atoms with Crippen LogP contribution in [0.25, 0.3) is 10.4 Å². The van der Waals surface area contributed by atoms with Gasteiger partial charge in [-0.1, -0.05) is 0 Å². The number of hydrogen-bond donors (Lipinski definition) is 2. The zero-order valence-electron chi connectivity index (χ0n) is 15.6. The maximum absolute atomic E-state index is 12.7. The number of carbonyl (C=O) groups is 1. The average molecular weight is 425 g/mol. The van der Waals surface area contributed by atoms with Crippen molar-refractivity contribution in [3.05, 3.63) is 36.4 Å². The average Bonchev–Trinajstić information content (AvgIpc) is 3.15. The van der Waals surface area contributed by atoms with Gasteiger partial charge in [0.1, 0.15) is 9.96 Å². The molecule has 0 aliphatic carbocycles. The largest absolute Gasteiger partial charge is 0.494 e. The van der Waals surface area contributed by atoms with Crippen LogP contribution >= 0.6 is 11.3 Å². The van der Waals surface area contributed by atoms with E-state index in [1.807, 2.05) is 31.2 Å². The van der Waals surface area contributed by atoms with Crippen molar-refractivity contribution in [2.24, 2.45) is 5.92 Å². The SMILES string of the molecule is CCOc1ccc(-c2ccc(S(=O)(=O)NN3CCC(CC(=O)O)CC3)s2)cc1. The Morgan fingerprint density at radius 3 is 2.50 bits per heavy atom. The second-order valence-electron chi connectivity index (χ2n) is 6.70. The highest BCUT2D eigenvalue weighted by Crippen LogP contribution is 2.32. The van der Waals surface area contributed by atoms with Gasteiger partial charge in [0.15, 0.2) is 0 Å². The summed E-state index contributed by atoms with van der Waals surface area (Å²) in [4.78, 5) is 14.3. The van der Waals surface area contributed by atoms with E-state index in [1.165, 1.54) is 11.3 Å². The van der Waals surface area contributed by atoms with Gasteiger partial charge in [-0.2, -0.15) is 0 Å². The fraction of sp³-hybridized carbons (Fsp3) is 0.421. The summed E-state index contributed by atoms with van der Waals surface area (Å²) in [5, 5.41) is 10.5. The van der Waals surface area contributed by atoms with Gasteiger partial charge in [0.05, 0.1) is 6.61 Å². The maximum atomic E-state index is 12.7. The number of carboxylic acid groups (broad SMARTS) is 1. The molecule has 2 aromatic rings. The predicted octanol–water partition coefficient (Wildman–Crippen LogP) is 3.19. The Morgan fingerprint density at radius 2 is 1.89 bits per heavy atom. The summed E-state index contributed by atoms with van der Waals surface area (Å²) >= 11 is 1.21. The first kappa shape index (κ1) is 20.8. The molecule has 0 spiro atoms. The molecule has 2 N–H and O–H groups in total. The van der Waals surface area contributed by atoms with Gasteiger partial charge in [-0.15, -0.1) is 16.2 Å². The predicted molar refractivity (Wildman–Crippen MR) is 108 cm³/mol. The second kappa shape index (κ2) is 9.04. The van der Waals surface area contributed by atoms with Crippen molar-refractivity contribution in [1.82, 2.24) is 9.84 Å². The van der Waals surface area contributed by atoms with Crippen molar-refractivity contribution in [1.29, 1.82) is 0 Å². The van der Waals surface area contributed by atoms with Crippen LogP contribution in [-0.2, 0) is 14.8 Å². The molecule has 28 heavy (non-hydrogen) atoms. The van der Waals surface area contributed by atoms with Crippen molar-refractivity contribution in [2.45, 2.75) is 30.4 Å². The van der Waals surface area contributed by atoms with Crippen LogP contribution in [0, 0.1) is 5.92 Å². The monoisotopic (exact) mass is 424 g/mol. The Balaban J connectivity index is 1.63. The lowest BCUT2D eigenvalue weighted by Gasteiger charge is -2.30. The van der Waals surface area contributed by atoms with Crippen LogP contribution in [0.2, 0.25) is 0 Å². The molecule has 3 rings (SSSR count). The van der Waals surface area contributed by atoms with Gasteiger partial charge in [-0.25, -0.2) is 13.4 Å². The molecule has 152 valence electrons. The van der Waals surface area contributed by atoms with Crippen molar-refractivity contribution in [3.8, 4) is 16.2 Å². The topological polar surface area (TPSA) is 95.9 Å². The number of hydrogen-bond acceptors (Lipinski definition) is 6. The number of sulfonamides is 1. The summed E-state index contributed by atoms with van der Waals surface area (Å²) in [6.07, 6.45) is 1.46. The fourth-order valence-electron chi connectivity index (χ4n) is 3.19. The van der Waals surface area contributed by atoms with Gasteiger partial charge in [0.25, 0.3) is 10.0 Å². The molecule has 1 aromatic carbocycles. The van der Waals surface area contributed by atoms with Crippen LogP contribution in [0.5, 0.6) is 5.75 Å². The number of nitrogens with one attached hydrogen (secondary N) is 1. The van der Waals surface area contributed by atoms with Crippen LogP contribution in [0.4, 0.5) is 0 Å². The number of nitrogens with zero attached hydrogens (tertiary/aromatic N) is 1. The molecule has 0 bridgehead atoms. The molecule has 0 saturated carbocycles. The number of thiophene rings is 1. The molecule has 2 heterocycles. The van der Waals surface area contributed by atoms with Crippen molar-refractivity contribution < 1.29 is 23.1 Å². The van der Waals surface area contributed by atoms with E-state index < -0.39 is 16.0 Å². The molecule has 0 atom stereocenters. The minimum atomic E-state index is -3.65. The van der Waals surface area contributed by atoms with E-state index in [0.29, 0.717) is 32.5 Å². The Bertz CT molecular complexity index is 901. The highest BCUT2D eigenvalue weighted by Gasteiger charge is 2.26. The van der Waals surface area contributed by atoms with E-state index in [-0.39, 0.29) is 16.5 Å². The number of benzene rings is 1. The third kappa shape index (κ3) is 5.32. The summed E-state index contributed by atoms with van der Waals surface area (Å²) in [6.45, 7) is 3.54.